The number of carbonyl (C=O) groups excluding carboxylic acids is 1. The molecule has 0 bridgehead atoms. The summed E-state index contributed by atoms with van der Waals surface area (Å²) in [7, 11) is 0. The normalized spacial score (nSPS) is 36.8. The Bertz CT molecular complexity index is 288. The van der Waals surface area contributed by atoms with E-state index in [4.69, 9.17) is 0 Å². The van der Waals surface area contributed by atoms with E-state index in [9.17, 15) is 4.79 Å². The molecule has 1 aliphatic heterocycles. The number of piperidine rings is 1. The van der Waals surface area contributed by atoms with Gasteiger partial charge in [-0.1, -0.05) is 20.3 Å². The van der Waals surface area contributed by atoms with Crippen LogP contribution in [0.2, 0.25) is 0 Å². The first-order chi connectivity index (χ1) is 8.00. The van der Waals surface area contributed by atoms with Gasteiger partial charge in [0.15, 0.2) is 0 Å². The van der Waals surface area contributed by atoms with Crippen LogP contribution in [-0.4, -0.2) is 24.5 Å². The van der Waals surface area contributed by atoms with Crippen LogP contribution in [0.3, 0.4) is 0 Å². The Morgan fingerprint density at radius 1 is 1.29 bits per heavy atom. The molecule has 1 heterocycles. The quantitative estimate of drug-likeness (QED) is 0.773. The van der Waals surface area contributed by atoms with E-state index in [-0.39, 0.29) is 17.2 Å². The van der Waals surface area contributed by atoms with Gasteiger partial charge in [-0.25, -0.2) is 0 Å². The Morgan fingerprint density at radius 3 is 2.65 bits per heavy atom. The molecule has 1 aliphatic carbocycles. The van der Waals surface area contributed by atoms with Gasteiger partial charge in [0.05, 0.1) is 0 Å². The highest BCUT2D eigenvalue weighted by atomic mass is 16.2. The molecule has 3 atom stereocenters. The van der Waals surface area contributed by atoms with Crippen molar-refractivity contribution in [3.63, 3.8) is 0 Å². The third kappa shape index (κ3) is 2.82. The molecule has 0 aromatic heterocycles. The van der Waals surface area contributed by atoms with Crippen LogP contribution in [0, 0.1) is 11.3 Å². The van der Waals surface area contributed by atoms with Crippen molar-refractivity contribution in [2.24, 2.45) is 11.3 Å². The zero-order chi connectivity index (χ0) is 12.5. The molecule has 2 aliphatic rings. The zero-order valence-electron chi connectivity index (χ0n) is 11.4. The molecule has 0 aromatic rings. The van der Waals surface area contributed by atoms with Crippen LogP contribution < -0.4 is 10.6 Å². The van der Waals surface area contributed by atoms with Gasteiger partial charge in [-0.3, -0.25) is 4.79 Å². The van der Waals surface area contributed by atoms with E-state index in [0.717, 1.165) is 19.4 Å². The topological polar surface area (TPSA) is 41.1 Å². The van der Waals surface area contributed by atoms with E-state index in [1.54, 1.807) is 0 Å². The van der Waals surface area contributed by atoms with Crippen LogP contribution >= 0.6 is 0 Å². The van der Waals surface area contributed by atoms with Gasteiger partial charge in [0, 0.05) is 18.0 Å². The van der Waals surface area contributed by atoms with Crippen molar-refractivity contribution in [2.75, 3.05) is 6.54 Å². The molecule has 1 amide bonds. The number of amides is 1. The average Bonchev–Trinajstić information content (AvgIpc) is 2.61. The van der Waals surface area contributed by atoms with Crippen molar-refractivity contribution in [3.8, 4) is 0 Å². The Hall–Kier alpha value is -0.570. The van der Waals surface area contributed by atoms with Crippen LogP contribution in [-0.2, 0) is 4.79 Å². The predicted octanol–water partition coefficient (Wildman–Crippen LogP) is 2.07. The highest BCUT2D eigenvalue weighted by molar-refractivity contribution is 5.80. The highest BCUT2D eigenvalue weighted by Crippen LogP contribution is 2.42. The molecule has 0 spiro atoms. The van der Waals surface area contributed by atoms with E-state index >= 15 is 0 Å². The largest absolute Gasteiger partial charge is 0.352 e. The van der Waals surface area contributed by atoms with E-state index in [1.807, 2.05) is 0 Å². The summed E-state index contributed by atoms with van der Waals surface area (Å²) in [4.78, 5) is 12.3. The Morgan fingerprint density at radius 2 is 2.06 bits per heavy atom. The molecule has 0 radical (unpaired) electrons. The third-order valence-electron chi connectivity index (χ3n) is 4.66. The fraction of sp³-hybridized carbons (Fsp3) is 0.929. The van der Waals surface area contributed by atoms with Crippen molar-refractivity contribution in [2.45, 2.75) is 65.0 Å². The lowest BCUT2D eigenvalue weighted by Crippen LogP contribution is -2.53. The van der Waals surface area contributed by atoms with Crippen molar-refractivity contribution in [1.29, 1.82) is 0 Å². The molecule has 1 saturated heterocycles. The highest BCUT2D eigenvalue weighted by Gasteiger charge is 2.40. The fourth-order valence-corrected chi connectivity index (χ4v) is 3.34. The number of rotatable bonds is 2. The maximum atomic E-state index is 12.3. The number of hydrogen-bond donors (Lipinski definition) is 2. The maximum Gasteiger partial charge on any atom is 0.223 e. The number of hydrogen-bond acceptors (Lipinski definition) is 2. The van der Waals surface area contributed by atoms with E-state index < -0.39 is 0 Å². The summed E-state index contributed by atoms with van der Waals surface area (Å²) in [5.41, 5.74) is 0.190. The Balaban J connectivity index is 1.92. The molecule has 3 nitrogen and oxygen atoms in total. The first-order valence-electron chi connectivity index (χ1n) is 7.04. The van der Waals surface area contributed by atoms with Gasteiger partial charge < -0.3 is 10.6 Å². The van der Waals surface area contributed by atoms with Crippen molar-refractivity contribution >= 4 is 5.91 Å². The number of carbonyl (C=O) groups is 1. The van der Waals surface area contributed by atoms with Gasteiger partial charge in [-0.05, 0) is 44.6 Å². The first kappa shape index (κ1) is 12.9. The lowest BCUT2D eigenvalue weighted by Gasteiger charge is -2.33. The first-order valence-corrected chi connectivity index (χ1v) is 7.04. The lowest BCUT2D eigenvalue weighted by molar-refractivity contribution is -0.128. The summed E-state index contributed by atoms with van der Waals surface area (Å²) in [6.45, 7) is 7.71. The van der Waals surface area contributed by atoms with Gasteiger partial charge in [-0.2, -0.15) is 0 Å². The lowest BCUT2D eigenvalue weighted by atomic mass is 9.81. The van der Waals surface area contributed by atoms with E-state index in [2.05, 4.69) is 31.4 Å². The van der Waals surface area contributed by atoms with Crippen LogP contribution in [0.1, 0.15) is 52.9 Å². The minimum Gasteiger partial charge on any atom is -0.352 e. The average molecular weight is 238 g/mol. The molecular weight excluding hydrogens is 212 g/mol. The molecule has 2 N–H and O–H groups in total. The van der Waals surface area contributed by atoms with E-state index in [0.29, 0.717) is 12.1 Å². The molecular formula is C14H26N2O. The molecule has 17 heavy (non-hydrogen) atoms. The Kier molecular flexibility index (Phi) is 3.76. The van der Waals surface area contributed by atoms with Crippen LogP contribution in [0.5, 0.6) is 0 Å². The summed E-state index contributed by atoms with van der Waals surface area (Å²) in [5, 5.41) is 6.70. The van der Waals surface area contributed by atoms with Gasteiger partial charge in [-0.15, -0.1) is 0 Å². The summed E-state index contributed by atoms with van der Waals surface area (Å²) >= 11 is 0. The molecule has 1 saturated carbocycles. The molecule has 3 heteroatoms. The Labute approximate surface area is 105 Å². The minimum absolute atomic E-state index is 0.190. The maximum absolute atomic E-state index is 12.3. The smallest absolute Gasteiger partial charge is 0.223 e. The van der Waals surface area contributed by atoms with Crippen LogP contribution in [0.4, 0.5) is 0 Å². The van der Waals surface area contributed by atoms with Crippen LogP contribution in [0.15, 0.2) is 0 Å². The van der Waals surface area contributed by atoms with Gasteiger partial charge >= 0.3 is 0 Å². The second-order valence-corrected chi connectivity index (χ2v) is 6.43. The molecule has 3 unspecified atom stereocenters. The number of nitrogens with one attached hydrogen (secondary N) is 2. The standard InChI is InChI=1S/C14H26N2O/c1-10-12(7-5-9-15-10)16-13(17)11-6-4-8-14(11,2)3/h10-12,15H,4-9H2,1-3H3,(H,16,17). The molecule has 2 rings (SSSR count). The zero-order valence-corrected chi connectivity index (χ0v) is 11.4. The van der Waals surface area contributed by atoms with Crippen LogP contribution in [0.25, 0.3) is 0 Å². The summed E-state index contributed by atoms with van der Waals surface area (Å²) < 4.78 is 0. The fourth-order valence-electron chi connectivity index (χ4n) is 3.34. The van der Waals surface area contributed by atoms with Crippen molar-refractivity contribution < 1.29 is 4.79 Å². The SMILES string of the molecule is CC1NCCCC1NC(=O)C1CCCC1(C)C. The van der Waals surface area contributed by atoms with Gasteiger partial charge in [0.1, 0.15) is 0 Å². The van der Waals surface area contributed by atoms with Gasteiger partial charge in [0.25, 0.3) is 0 Å². The molecule has 0 aromatic carbocycles. The molecule has 2 fully saturated rings. The van der Waals surface area contributed by atoms with Crippen molar-refractivity contribution in [1.82, 2.24) is 10.6 Å². The van der Waals surface area contributed by atoms with E-state index in [1.165, 1.54) is 19.3 Å². The van der Waals surface area contributed by atoms with Crippen molar-refractivity contribution in [3.05, 3.63) is 0 Å². The summed E-state index contributed by atoms with van der Waals surface area (Å²) in [5.74, 6) is 0.504. The predicted molar refractivity (Wildman–Crippen MR) is 69.8 cm³/mol. The summed E-state index contributed by atoms with van der Waals surface area (Å²) in [6, 6.07) is 0.741. The molecule has 98 valence electrons. The van der Waals surface area contributed by atoms with Gasteiger partial charge in [0.2, 0.25) is 5.91 Å². The summed E-state index contributed by atoms with van der Waals surface area (Å²) in [6.07, 6.45) is 5.73. The monoisotopic (exact) mass is 238 g/mol. The second-order valence-electron chi connectivity index (χ2n) is 6.43. The minimum atomic E-state index is 0.190. The third-order valence-corrected chi connectivity index (χ3v) is 4.66. The second kappa shape index (κ2) is 4.97.